The molecule has 0 saturated heterocycles. The molecular weight excluding hydrogens is 612 g/mol. The van der Waals surface area contributed by atoms with Gasteiger partial charge in [0.15, 0.2) is 5.78 Å². The summed E-state index contributed by atoms with van der Waals surface area (Å²) in [4.78, 5) is 40.9. The van der Waals surface area contributed by atoms with Gasteiger partial charge in [0.05, 0.1) is 13.7 Å². The lowest BCUT2D eigenvalue weighted by atomic mass is 10.00. The lowest BCUT2D eigenvalue weighted by molar-refractivity contribution is -0.141. The second kappa shape index (κ2) is 17.7. The van der Waals surface area contributed by atoms with Crippen molar-refractivity contribution in [1.82, 2.24) is 4.90 Å². The van der Waals surface area contributed by atoms with Gasteiger partial charge < -0.3 is 19.7 Å². The van der Waals surface area contributed by atoms with Crippen LogP contribution in [0.3, 0.4) is 0 Å². The number of hydrogen-bond acceptors (Lipinski definition) is 6. The van der Waals surface area contributed by atoms with Crippen molar-refractivity contribution in [1.29, 1.82) is 0 Å². The number of anilines is 1. The maximum Gasteiger partial charge on any atom is 0.328 e. The Morgan fingerprint density at radius 3 is 2.06 bits per heavy atom. The third-order valence-electron chi connectivity index (χ3n) is 7.82. The first-order chi connectivity index (χ1) is 24.0. The molecule has 5 rings (SSSR count). The van der Waals surface area contributed by atoms with E-state index in [4.69, 9.17) is 9.47 Å². The van der Waals surface area contributed by atoms with E-state index in [-0.39, 0.29) is 11.7 Å². The molecule has 7 heteroatoms. The number of nitrogens with zero attached hydrogens (tertiary/aromatic N) is 1. The van der Waals surface area contributed by atoms with Crippen LogP contribution in [0.15, 0.2) is 140 Å². The number of ketones is 1. The molecule has 1 atom stereocenters. The normalized spacial score (nSPS) is 11.0. The van der Waals surface area contributed by atoms with E-state index in [1.54, 1.807) is 35.2 Å². The molecule has 0 bridgehead atoms. The van der Waals surface area contributed by atoms with Crippen LogP contribution < -0.4 is 10.1 Å². The van der Waals surface area contributed by atoms with Crippen molar-refractivity contribution in [2.75, 3.05) is 25.6 Å². The minimum Gasteiger partial charge on any atom is -0.494 e. The first-order valence-corrected chi connectivity index (χ1v) is 16.1. The fourth-order valence-electron chi connectivity index (χ4n) is 5.26. The van der Waals surface area contributed by atoms with Gasteiger partial charge in [0.1, 0.15) is 11.8 Å². The number of amides is 1. The van der Waals surface area contributed by atoms with Crippen LogP contribution in [0.4, 0.5) is 5.69 Å². The second-order valence-corrected chi connectivity index (χ2v) is 11.3. The summed E-state index contributed by atoms with van der Waals surface area (Å²) in [6, 6.07) is 42.3. The van der Waals surface area contributed by atoms with Crippen molar-refractivity contribution in [3.8, 4) is 17.6 Å². The van der Waals surface area contributed by atoms with Gasteiger partial charge in [0.2, 0.25) is 0 Å². The quantitative estimate of drug-likeness (QED) is 0.0606. The second-order valence-electron chi connectivity index (χ2n) is 11.3. The van der Waals surface area contributed by atoms with E-state index in [2.05, 4.69) is 17.2 Å². The Balaban J connectivity index is 1.18. The average molecular weight is 651 g/mol. The minimum atomic E-state index is -0.723. The van der Waals surface area contributed by atoms with Crippen molar-refractivity contribution >= 4 is 23.3 Å². The topological polar surface area (TPSA) is 84.9 Å². The van der Waals surface area contributed by atoms with Crippen LogP contribution >= 0.6 is 0 Å². The molecule has 49 heavy (non-hydrogen) atoms. The molecule has 0 spiro atoms. The van der Waals surface area contributed by atoms with Crippen LogP contribution in [0, 0.1) is 11.8 Å². The SMILES string of the molecule is COC(=O)[C@H](Cc1ccc(OCCCN(Cc2ccccc2)C(=O)C#Cc2ccccc2)cc1)Nc1ccccc1C(=O)c1ccccc1. The fourth-order valence-corrected chi connectivity index (χ4v) is 5.26. The van der Waals surface area contributed by atoms with Crippen LogP contribution in [0.1, 0.15) is 39.0 Å². The summed E-state index contributed by atoms with van der Waals surface area (Å²) >= 11 is 0. The molecule has 246 valence electrons. The predicted molar refractivity (Wildman–Crippen MR) is 191 cm³/mol. The number of nitrogens with one attached hydrogen (secondary N) is 1. The van der Waals surface area contributed by atoms with Gasteiger partial charge in [-0.3, -0.25) is 9.59 Å². The summed E-state index contributed by atoms with van der Waals surface area (Å²) in [5, 5.41) is 3.24. The highest BCUT2D eigenvalue weighted by Crippen LogP contribution is 2.22. The summed E-state index contributed by atoms with van der Waals surface area (Å²) in [6.07, 6.45) is 0.949. The van der Waals surface area contributed by atoms with Gasteiger partial charge in [-0.25, -0.2) is 4.79 Å². The molecule has 0 aromatic heterocycles. The van der Waals surface area contributed by atoms with Gasteiger partial charge in [-0.15, -0.1) is 0 Å². The van der Waals surface area contributed by atoms with E-state index in [0.717, 1.165) is 16.7 Å². The molecule has 7 nitrogen and oxygen atoms in total. The minimum absolute atomic E-state index is 0.138. The van der Waals surface area contributed by atoms with Gasteiger partial charge in [0.25, 0.3) is 5.91 Å². The number of para-hydroxylation sites is 1. The first-order valence-electron chi connectivity index (χ1n) is 16.1. The molecule has 0 aliphatic heterocycles. The summed E-state index contributed by atoms with van der Waals surface area (Å²) in [7, 11) is 1.35. The number of esters is 1. The third-order valence-corrected chi connectivity index (χ3v) is 7.82. The largest absolute Gasteiger partial charge is 0.494 e. The smallest absolute Gasteiger partial charge is 0.328 e. The zero-order chi connectivity index (χ0) is 34.3. The Bertz CT molecular complexity index is 1880. The van der Waals surface area contributed by atoms with E-state index in [0.29, 0.717) is 55.1 Å². The average Bonchev–Trinajstić information content (AvgIpc) is 3.16. The van der Waals surface area contributed by atoms with Crippen molar-refractivity contribution in [2.24, 2.45) is 0 Å². The Kier molecular flexibility index (Phi) is 12.4. The summed E-state index contributed by atoms with van der Waals surface area (Å²) in [5.41, 5.74) is 4.29. The molecule has 1 amide bonds. The summed E-state index contributed by atoms with van der Waals surface area (Å²) in [5.74, 6) is 5.61. The van der Waals surface area contributed by atoms with Crippen molar-refractivity contribution in [3.63, 3.8) is 0 Å². The summed E-state index contributed by atoms with van der Waals surface area (Å²) < 4.78 is 11.1. The highest BCUT2D eigenvalue weighted by Gasteiger charge is 2.23. The zero-order valence-electron chi connectivity index (χ0n) is 27.4. The molecule has 0 unspecified atom stereocenters. The number of rotatable bonds is 14. The van der Waals surface area contributed by atoms with Crippen LogP contribution in [0.2, 0.25) is 0 Å². The van der Waals surface area contributed by atoms with Crippen molar-refractivity contribution in [2.45, 2.75) is 25.4 Å². The van der Waals surface area contributed by atoms with Gasteiger partial charge in [-0.1, -0.05) is 109 Å². The molecule has 0 aliphatic carbocycles. The van der Waals surface area contributed by atoms with Gasteiger partial charge in [-0.05, 0) is 53.9 Å². The number of benzene rings is 5. The Labute approximate surface area is 287 Å². The van der Waals surface area contributed by atoms with Gasteiger partial charge in [-0.2, -0.15) is 0 Å². The molecule has 5 aromatic rings. The number of carbonyl (C=O) groups is 3. The standard InChI is InChI=1S/C42H38N2O5/c1-48-42(47)39(43-38-21-12-11-20-37(38)41(46)35-18-9-4-10-19-35)30-33-22-25-36(26-23-33)49-29-13-28-44(31-34-16-7-3-8-17-34)40(45)27-24-32-14-5-2-6-15-32/h2-12,14-23,25-26,39,43H,13,28-31H2,1H3/t39-/m0/s1. The molecule has 1 N–H and O–H groups in total. The number of hydrogen-bond donors (Lipinski definition) is 1. The molecule has 0 fully saturated rings. The number of methoxy groups -OCH3 is 1. The first kappa shape index (κ1) is 34.2. The van der Waals surface area contributed by atoms with E-state index >= 15 is 0 Å². The van der Waals surface area contributed by atoms with Gasteiger partial charge >= 0.3 is 5.97 Å². The van der Waals surface area contributed by atoms with E-state index in [1.807, 2.05) is 109 Å². The molecular formula is C42H38N2O5. The maximum absolute atomic E-state index is 13.2. The van der Waals surface area contributed by atoms with Crippen LogP contribution in [-0.4, -0.2) is 48.9 Å². The molecule has 0 radical (unpaired) electrons. The van der Waals surface area contributed by atoms with Crippen molar-refractivity contribution in [3.05, 3.63) is 167 Å². The monoisotopic (exact) mass is 650 g/mol. The van der Waals surface area contributed by atoms with E-state index in [1.165, 1.54) is 7.11 Å². The highest BCUT2D eigenvalue weighted by atomic mass is 16.5. The lowest BCUT2D eigenvalue weighted by Crippen LogP contribution is -2.33. The summed E-state index contributed by atoms with van der Waals surface area (Å²) in [6.45, 7) is 1.34. The predicted octanol–water partition coefficient (Wildman–Crippen LogP) is 6.96. The number of ether oxygens (including phenoxy) is 2. The molecule has 0 saturated carbocycles. The van der Waals surface area contributed by atoms with Crippen LogP contribution in [0.25, 0.3) is 0 Å². The number of carbonyl (C=O) groups excluding carboxylic acids is 3. The molecule has 0 aliphatic rings. The Hall–Kier alpha value is -6.13. The molecule has 5 aromatic carbocycles. The molecule has 0 heterocycles. The third kappa shape index (κ3) is 10.2. The van der Waals surface area contributed by atoms with Crippen molar-refractivity contribution < 1.29 is 23.9 Å². The van der Waals surface area contributed by atoms with Crippen LogP contribution in [-0.2, 0) is 27.3 Å². The Morgan fingerprint density at radius 2 is 1.37 bits per heavy atom. The Morgan fingerprint density at radius 1 is 0.735 bits per heavy atom. The fraction of sp³-hybridized carbons (Fsp3) is 0.167. The lowest BCUT2D eigenvalue weighted by Gasteiger charge is -2.21. The maximum atomic E-state index is 13.2. The van der Waals surface area contributed by atoms with E-state index < -0.39 is 12.0 Å². The van der Waals surface area contributed by atoms with Gasteiger partial charge in [0, 0.05) is 47.8 Å². The zero-order valence-corrected chi connectivity index (χ0v) is 27.4. The highest BCUT2D eigenvalue weighted by molar-refractivity contribution is 6.12. The van der Waals surface area contributed by atoms with E-state index in [9.17, 15) is 14.4 Å². The van der Waals surface area contributed by atoms with Crippen LogP contribution in [0.5, 0.6) is 5.75 Å².